The van der Waals surface area contributed by atoms with Crippen LogP contribution < -0.4 is 16.0 Å². The van der Waals surface area contributed by atoms with Crippen LogP contribution in [-0.4, -0.2) is 63.5 Å². The van der Waals surface area contributed by atoms with Gasteiger partial charge in [0.2, 0.25) is 5.91 Å². The van der Waals surface area contributed by atoms with Gasteiger partial charge in [0.05, 0.1) is 5.41 Å². The predicted octanol–water partition coefficient (Wildman–Crippen LogP) is 1.88. The van der Waals surface area contributed by atoms with Crippen LogP contribution in [-0.2, 0) is 11.2 Å². The summed E-state index contributed by atoms with van der Waals surface area (Å²) in [6.45, 7) is 7.46. The zero-order valence-corrected chi connectivity index (χ0v) is 20.1. The van der Waals surface area contributed by atoms with Gasteiger partial charge in [0.1, 0.15) is 0 Å². The van der Waals surface area contributed by atoms with Gasteiger partial charge in [0.15, 0.2) is 5.96 Å². The van der Waals surface area contributed by atoms with E-state index in [1.54, 1.807) is 26.0 Å². The summed E-state index contributed by atoms with van der Waals surface area (Å²) in [5.41, 5.74) is 1.23. The molecule has 0 aliphatic heterocycles. The van der Waals surface area contributed by atoms with Crippen LogP contribution in [0.15, 0.2) is 29.3 Å². The number of nitrogens with zero attached hydrogens (tertiary/aromatic N) is 2. The normalized spacial score (nSPS) is 11.3. The summed E-state index contributed by atoms with van der Waals surface area (Å²) in [5, 5.41) is 9.29. The van der Waals surface area contributed by atoms with Crippen LogP contribution in [0.4, 0.5) is 0 Å². The van der Waals surface area contributed by atoms with E-state index in [0.29, 0.717) is 31.2 Å². The zero-order valence-electron chi connectivity index (χ0n) is 17.8. The molecule has 28 heavy (non-hydrogen) atoms. The highest BCUT2D eigenvalue weighted by atomic mass is 127. The molecule has 0 aliphatic carbocycles. The lowest BCUT2D eigenvalue weighted by Gasteiger charge is -2.24. The van der Waals surface area contributed by atoms with Crippen molar-refractivity contribution in [1.29, 1.82) is 0 Å². The number of carbonyl (C=O) groups excluding carboxylic acids is 2. The summed E-state index contributed by atoms with van der Waals surface area (Å²) < 4.78 is 0. The molecular weight excluding hydrogens is 469 g/mol. The average Bonchev–Trinajstić information content (AvgIpc) is 2.64. The van der Waals surface area contributed by atoms with Crippen LogP contribution in [0.2, 0.25) is 0 Å². The van der Waals surface area contributed by atoms with Crippen molar-refractivity contribution in [2.45, 2.75) is 27.2 Å². The van der Waals surface area contributed by atoms with Crippen LogP contribution in [0.5, 0.6) is 0 Å². The predicted molar refractivity (Wildman–Crippen MR) is 125 cm³/mol. The lowest BCUT2D eigenvalue weighted by molar-refractivity contribution is -0.128. The van der Waals surface area contributed by atoms with Crippen LogP contribution in [0.25, 0.3) is 0 Å². The first-order valence-corrected chi connectivity index (χ1v) is 9.24. The molecule has 0 saturated heterocycles. The molecule has 0 aromatic heterocycles. The second-order valence-corrected chi connectivity index (χ2v) is 7.25. The molecule has 0 atom stereocenters. The molecule has 0 aliphatic rings. The maximum Gasteiger partial charge on any atom is 0.253 e. The number of guanidine groups is 1. The van der Waals surface area contributed by atoms with Gasteiger partial charge in [-0.2, -0.15) is 0 Å². The Morgan fingerprint density at radius 3 is 2.39 bits per heavy atom. The lowest BCUT2D eigenvalue weighted by Crippen LogP contribution is -2.48. The fourth-order valence-electron chi connectivity index (χ4n) is 2.45. The highest BCUT2D eigenvalue weighted by molar-refractivity contribution is 14.0. The molecule has 0 radical (unpaired) electrons. The van der Waals surface area contributed by atoms with Gasteiger partial charge in [-0.05, 0) is 44.9 Å². The summed E-state index contributed by atoms with van der Waals surface area (Å²) in [5.74, 6) is 0.651. The molecule has 0 spiro atoms. The lowest BCUT2D eigenvalue weighted by atomic mass is 9.92. The van der Waals surface area contributed by atoms with E-state index in [9.17, 15) is 9.59 Å². The summed E-state index contributed by atoms with van der Waals surface area (Å²) >= 11 is 0. The standard InChI is InChI=1S/C20H33N5O2.HI/c1-7-22-18(27)20(2,3)14-24-19(21-4)23-12-11-15-9-8-10-16(13-15)17(26)25(5)6;/h8-10,13H,7,11-12,14H2,1-6H3,(H,22,27)(H2,21,23,24);1H. The third-order valence-corrected chi connectivity index (χ3v) is 4.16. The van der Waals surface area contributed by atoms with Gasteiger partial charge in [0, 0.05) is 46.3 Å². The number of benzene rings is 1. The van der Waals surface area contributed by atoms with Crippen molar-refractivity contribution >= 4 is 41.8 Å². The van der Waals surface area contributed by atoms with Crippen molar-refractivity contribution < 1.29 is 9.59 Å². The Kier molecular flexibility index (Phi) is 11.8. The summed E-state index contributed by atoms with van der Waals surface area (Å²) in [4.78, 5) is 29.9. The molecule has 0 bridgehead atoms. The average molecular weight is 503 g/mol. The highest BCUT2D eigenvalue weighted by Gasteiger charge is 2.27. The summed E-state index contributed by atoms with van der Waals surface area (Å²) in [7, 11) is 5.19. The van der Waals surface area contributed by atoms with Crippen molar-refractivity contribution in [1.82, 2.24) is 20.9 Å². The molecule has 1 aromatic carbocycles. The molecule has 8 heteroatoms. The number of aliphatic imine (C=N–C) groups is 1. The highest BCUT2D eigenvalue weighted by Crippen LogP contribution is 2.13. The number of hydrogen-bond acceptors (Lipinski definition) is 3. The number of rotatable bonds is 8. The van der Waals surface area contributed by atoms with E-state index in [0.717, 1.165) is 12.0 Å². The van der Waals surface area contributed by atoms with E-state index in [1.807, 2.05) is 45.0 Å². The smallest absolute Gasteiger partial charge is 0.253 e. The van der Waals surface area contributed by atoms with Gasteiger partial charge in [-0.1, -0.05) is 12.1 Å². The van der Waals surface area contributed by atoms with E-state index < -0.39 is 5.41 Å². The SMILES string of the molecule is CCNC(=O)C(C)(C)CNC(=NC)NCCc1cccc(C(=O)N(C)C)c1.I. The monoisotopic (exact) mass is 503 g/mol. The number of halogens is 1. The maximum absolute atomic E-state index is 12.1. The van der Waals surface area contributed by atoms with Crippen molar-refractivity contribution in [2.75, 3.05) is 40.8 Å². The van der Waals surface area contributed by atoms with Crippen LogP contribution in [0.1, 0.15) is 36.7 Å². The summed E-state index contributed by atoms with van der Waals surface area (Å²) in [6, 6.07) is 7.64. The van der Waals surface area contributed by atoms with Crippen molar-refractivity contribution in [2.24, 2.45) is 10.4 Å². The molecule has 0 unspecified atom stereocenters. The van der Waals surface area contributed by atoms with Crippen LogP contribution in [0, 0.1) is 5.41 Å². The fourth-order valence-corrected chi connectivity index (χ4v) is 2.45. The second-order valence-electron chi connectivity index (χ2n) is 7.25. The molecule has 2 amide bonds. The Bertz CT molecular complexity index is 674. The quantitative estimate of drug-likeness (QED) is 0.287. The van der Waals surface area contributed by atoms with Gasteiger partial charge in [-0.15, -0.1) is 24.0 Å². The maximum atomic E-state index is 12.1. The molecule has 1 rings (SSSR count). The molecule has 3 N–H and O–H groups in total. The summed E-state index contributed by atoms with van der Waals surface area (Å²) in [6.07, 6.45) is 0.759. The molecule has 0 fully saturated rings. The van der Waals surface area contributed by atoms with Gasteiger partial charge < -0.3 is 20.9 Å². The van der Waals surface area contributed by atoms with Gasteiger partial charge in [-0.3, -0.25) is 14.6 Å². The Morgan fingerprint density at radius 2 is 1.82 bits per heavy atom. The largest absolute Gasteiger partial charge is 0.356 e. The van der Waals surface area contributed by atoms with Crippen molar-refractivity contribution in [3.63, 3.8) is 0 Å². The minimum atomic E-state index is -0.533. The van der Waals surface area contributed by atoms with Crippen LogP contribution in [0.3, 0.4) is 0 Å². The van der Waals surface area contributed by atoms with E-state index in [-0.39, 0.29) is 35.8 Å². The molecule has 0 heterocycles. The van der Waals surface area contributed by atoms with Gasteiger partial charge in [0.25, 0.3) is 5.91 Å². The third kappa shape index (κ3) is 8.45. The van der Waals surface area contributed by atoms with Gasteiger partial charge in [-0.25, -0.2) is 0 Å². The molecular formula is C20H34IN5O2. The van der Waals surface area contributed by atoms with E-state index in [2.05, 4.69) is 20.9 Å². The Labute approximate surface area is 185 Å². The topological polar surface area (TPSA) is 85.8 Å². The Balaban J connectivity index is 0.00000729. The van der Waals surface area contributed by atoms with E-state index >= 15 is 0 Å². The van der Waals surface area contributed by atoms with E-state index in [1.165, 1.54) is 0 Å². The van der Waals surface area contributed by atoms with Crippen LogP contribution >= 0.6 is 24.0 Å². The number of carbonyl (C=O) groups is 2. The minimum absolute atomic E-state index is 0. The third-order valence-electron chi connectivity index (χ3n) is 4.16. The fraction of sp³-hybridized carbons (Fsp3) is 0.550. The number of amides is 2. The molecule has 0 saturated carbocycles. The minimum Gasteiger partial charge on any atom is -0.356 e. The van der Waals surface area contributed by atoms with Crippen molar-refractivity contribution in [3.8, 4) is 0 Å². The second kappa shape index (κ2) is 12.6. The Hall–Kier alpha value is -1.84. The zero-order chi connectivity index (χ0) is 20.4. The molecule has 1 aromatic rings. The molecule has 7 nitrogen and oxygen atoms in total. The van der Waals surface area contributed by atoms with Gasteiger partial charge >= 0.3 is 0 Å². The first-order chi connectivity index (χ1) is 12.7. The van der Waals surface area contributed by atoms with Crippen molar-refractivity contribution in [3.05, 3.63) is 35.4 Å². The first kappa shape index (κ1) is 26.2. The van der Waals surface area contributed by atoms with E-state index in [4.69, 9.17) is 0 Å². The Morgan fingerprint density at radius 1 is 1.14 bits per heavy atom. The molecule has 158 valence electrons. The number of nitrogens with one attached hydrogen (secondary N) is 3. The number of hydrogen-bond donors (Lipinski definition) is 3. The first-order valence-electron chi connectivity index (χ1n) is 9.24.